The smallest absolute Gasteiger partial charge is 0.251 e. The Labute approximate surface area is 193 Å². The third-order valence-electron chi connectivity index (χ3n) is 4.78. The lowest BCUT2D eigenvalue weighted by molar-refractivity contribution is 0.0453. The summed E-state index contributed by atoms with van der Waals surface area (Å²) in [5, 5.41) is 2.93. The van der Waals surface area contributed by atoms with Gasteiger partial charge in [-0.2, -0.15) is 0 Å². The van der Waals surface area contributed by atoms with E-state index in [0.29, 0.717) is 55.6 Å². The molecule has 0 radical (unpaired) electrons. The number of rotatable bonds is 12. The van der Waals surface area contributed by atoms with E-state index in [4.69, 9.17) is 19.9 Å². The van der Waals surface area contributed by atoms with Crippen LogP contribution in [-0.2, 0) is 22.6 Å². The summed E-state index contributed by atoms with van der Waals surface area (Å²) in [4.78, 5) is 23.7. The summed E-state index contributed by atoms with van der Waals surface area (Å²) >= 11 is 0. The Morgan fingerprint density at radius 1 is 0.818 bits per heavy atom. The Balaban J connectivity index is 1.48. The minimum atomic E-state index is -0.491. The molecule has 0 atom stereocenters. The zero-order valence-electron chi connectivity index (χ0n) is 18.6. The van der Waals surface area contributed by atoms with Crippen molar-refractivity contribution in [3.8, 4) is 11.5 Å². The van der Waals surface area contributed by atoms with E-state index in [1.807, 2.05) is 31.2 Å². The van der Waals surface area contributed by atoms with Gasteiger partial charge in [0.05, 0.1) is 19.8 Å². The van der Waals surface area contributed by atoms with Crippen LogP contribution in [0.3, 0.4) is 0 Å². The molecule has 3 N–H and O–H groups in total. The highest BCUT2D eigenvalue weighted by molar-refractivity contribution is 5.94. The Bertz CT molecular complexity index is 1050. The second-order valence-electron chi connectivity index (χ2n) is 7.27. The molecule has 0 aliphatic heterocycles. The number of nitrogens with two attached hydrogens (primary N) is 1. The fourth-order valence-electron chi connectivity index (χ4n) is 3.06. The Hall–Kier alpha value is -3.68. The van der Waals surface area contributed by atoms with Gasteiger partial charge < -0.3 is 25.3 Å². The van der Waals surface area contributed by atoms with Crippen molar-refractivity contribution in [2.45, 2.75) is 20.1 Å². The zero-order chi connectivity index (χ0) is 23.5. The number of primary amides is 1. The number of hydrogen-bond donors (Lipinski definition) is 2. The first-order chi connectivity index (χ1) is 16.0. The van der Waals surface area contributed by atoms with E-state index in [2.05, 4.69) is 5.32 Å². The predicted octanol–water partition coefficient (Wildman–Crippen LogP) is 4.06. The molecule has 172 valence electrons. The van der Waals surface area contributed by atoms with Crippen molar-refractivity contribution in [1.82, 2.24) is 5.32 Å². The van der Waals surface area contributed by atoms with E-state index >= 15 is 0 Å². The first kappa shape index (κ1) is 24.0. The molecule has 0 bridgehead atoms. The highest BCUT2D eigenvalue weighted by Gasteiger charge is 2.07. The van der Waals surface area contributed by atoms with Crippen LogP contribution in [0.2, 0.25) is 0 Å². The van der Waals surface area contributed by atoms with Gasteiger partial charge in [-0.15, -0.1) is 0 Å². The molecule has 3 aromatic carbocycles. The molecule has 0 unspecified atom stereocenters. The minimum absolute atomic E-state index is 0.175. The third-order valence-corrected chi connectivity index (χ3v) is 4.78. The lowest BCUT2D eigenvalue weighted by Crippen LogP contribution is -2.22. The Morgan fingerprint density at radius 3 is 2.06 bits per heavy atom. The highest BCUT2D eigenvalue weighted by atomic mass is 16.5. The molecule has 7 heteroatoms. The number of amides is 2. The van der Waals surface area contributed by atoms with Gasteiger partial charge in [-0.1, -0.05) is 24.3 Å². The van der Waals surface area contributed by atoms with Gasteiger partial charge in [0.1, 0.15) is 11.5 Å². The molecule has 0 aromatic heterocycles. The van der Waals surface area contributed by atoms with Crippen molar-refractivity contribution in [2.75, 3.05) is 19.8 Å². The van der Waals surface area contributed by atoms with Gasteiger partial charge in [0.15, 0.2) is 0 Å². The van der Waals surface area contributed by atoms with Gasteiger partial charge in [0.25, 0.3) is 5.91 Å². The second-order valence-corrected chi connectivity index (χ2v) is 7.27. The molecule has 0 saturated heterocycles. The summed E-state index contributed by atoms with van der Waals surface area (Å²) in [7, 11) is 0. The molecule has 0 heterocycles. The maximum Gasteiger partial charge on any atom is 0.251 e. The molecule has 0 aliphatic carbocycles. The molecule has 0 fully saturated rings. The maximum absolute atomic E-state index is 12.5. The van der Waals surface area contributed by atoms with Crippen LogP contribution in [0.4, 0.5) is 0 Å². The summed E-state index contributed by atoms with van der Waals surface area (Å²) in [6.45, 7) is 4.68. The minimum Gasteiger partial charge on any atom is -0.457 e. The third kappa shape index (κ3) is 7.75. The molecular weight excluding hydrogens is 420 g/mol. The quantitative estimate of drug-likeness (QED) is 0.407. The van der Waals surface area contributed by atoms with E-state index in [1.165, 1.54) is 0 Å². The molecule has 7 nitrogen and oxygen atoms in total. The molecule has 2 amide bonds. The van der Waals surface area contributed by atoms with E-state index in [0.717, 1.165) is 11.1 Å². The maximum atomic E-state index is 12.5. The van der Waals surface area contributed by atoms with Crippen molar-refractivity contribution < 1.29 is 23.8 Å². The average molecular weight is 449 g/mol. The number of nitrogens with one attached hydrogen (secondary N) is 1. The van der Waals surface area contributed by atoms with Crippen molar-refractivity contribution in [1.29, 1.82) is 0 Å². The lowest BCUT2D eigenvalue weighted by atomic mass is 10.1. The first-order valence-corrected chi connectivity index (χ1v) is 10.7. The molecule has 0 aliphatic rings. The van der Waals surface area contributed by atoms with Gasteiger partial charge in [-0.05, 0) is 66.6 Å². The number of carbonyl (C=O) groups is 2. The van der Waals surface area contributed by atoms with Crippen LogP contribution in [0.5, 0.6) is 11.5 Å². The number of hydrogen-bond acceptors (Lipinski definition) is 5. The lowest BCUT2D eigenvalue weighted by Gasteiger charge is -2.09. The summed E-state index contributed by atoms with van der Waals surface area (Å²) in [6, 6.07) is 21.3. The molecule has 0 spiro atoms. The summed E-state index contributed by atoms with van der Waals surface area (Å²) < 4.78 is 16.6. The van der Waals surface area contributed by atoms with Crippen molar-refractivity contribution in [3.05, 3.63) is 95.1 Å². The van der Waals surface area contributed by atoms with Crippen LogP contribution < -0.4 is 15.8 Å². The molecule has 3 rings (SSSR count). The fraction of sp³-hybridized carbons (Fsp3) is 0.231. The molecule has 33 heavy (non-hydrogen) atoms. The SMILES string of the molecule is CCOCCOCc1cccc(CNC(=O)c2ccc(Oc3ccc(C(N)=O)cc3)cc2)c1. The van der Waals surface area contributed by atoms with Crippen LogP contribution in [0.15, 0.2) is 72.8 Å². The summed E-state index contributed by atoms with van der Waals surface area (Å²) in [6.07, 6.45) is 0. The number of benzene rings is 3. The topological polar surface area (TPSA) is 99.9 Å². The molecular formula is C26H28N2O5. The van der Waals surface area contributed by atoms with Gasteiger partial charge in [0.2, 0.25) is 5.91 Å². The van der Waals surface area contributed by atoms with Crippen LogP contribution in [0.1, 0.15) is 38.8 Å². The van der Waals surface area contributed by atoms with Crippen molar-refractivity contribution in [2.24, 2.45) is 5.73 Å². The average Bonchev–Trinajstić information content (AvgIpc) is 2.83. The van der Waals surface area contributed by atoms with E-state index in [9.17, 15) is 9.59 Å². The normalized spacial score (nSPS) is 10.6. The van der Waals surface area contributed by atoms with Gasteiger partial charge in [-0.3, -0.25) is 9.59 Å². The molecule has 3 aromatic rings. The summed E-state index contributed by atoms with van der Waals surface area (Å²) in [5.41, 5.74) is 8.22. The number of ether oxygens (including phenoxy) is 3. The Kier molecular flexibility index (Phi) is 8.99. The molecule has 0 saturated carbocycles. The summed E-state index contributed by atoms with van der Waals surface area (Å²) in [5.74, 6) is 0.481. The first-order valence-electron chi connectivity index (χ1n) is 10.7. The van der Waals surface area contributed by atoms with Gasteiger partial charge >= 0.3 is 0 Å². The van der Waals surface area contributed by atoms with Crippen LogP contribution in [-0.4, -0.2) is 31.6 Å². The Morgan fingerprint density at radius 2 is 1.42 bits per heavy atom. The highest BCUT2D eigenvalue weighted by Crippen LogP contribution is 2.22. The van der Waals surface area contributed by atoms with Crippen LogP contribution in [0.25, 0.3) is 0 Å². The van der Waals surface area contributed by atoms with E-state index < -0.39 is 5.91 Å². The monoisotopic (exact) mass is 448 g/mol. The van der Waals surface area contributed by atoms with E-state index in [-0.39, 0.29) is 5.91 Å². The van der Waals surface area contributed by atoms with Crippen LogP contribution >= 0.6 is 0 Å². The van der Waals surface area contributed by atoms with Gasteiger partial charge in [-0.25, -0.2) is 0 Å². The zero-order valence-corrected chi connectivity index (χ0v) is 18.6. The van der Waals surface area contributed by atoms with Crippen LogP contribution in [0, 0.1) is 0 Å². The van der Waals surface area contributed by atoms with E-state index in [1.54, 1.807) is 48.5 Å². The second kappa shape index (κ2) is 12.4. The fourth-order valence-corrected chi connectivity index (χ4v) is 3.06. The van der Waals surface area contributed by atoms with Crippen molar-refractivity contribution >= 4 is 11.8 Å². The largest absolute Gasteiger partial charge is 0.457 e. The van der Waals surface area contributed by atoms with Crippen molar-refractivity contribution in [3.63, 3.8) is 0 Å². The van der Waals surface area contributed by atoms with Gasteiger partial charge in [0, 0.05) is 24.3 Å². The predicted molar refractivity (Wildman–Crippen MR) is 125 cm³/mol. The number of carbonyl (C=O) groups excluding carboxylic acids is 2. The standard InChI is InChI=1S/C26H28N2O5/c1-2-31-14-15-32-18-20-5-3-4-19(16-20)17-28-26(30)22-8-12-24(13-9-22)33-23-10-6-21(7-11-23)25(27)29/h3-13,16H,2,14-15,17-18H2,1H3,(H2,27,29)(H,28,30).